The fraction of sp³-hybridized carbons (Fsp3) is 0.562. The Labute approximate surface area is 152 Å². The first kappa shape index (κ1) is 19.3. The summed E-state index contributed by atoms with van der Waals surface area (Å²) < 4.78 is 28.9. The van der Waals surface area contributed by atoms with Gasteiger partial charge in [0.15, 0.2) is 22.2 Å². The monoisotopic (exact) mass is 393 g/mol. The highest BCUT2D eigenvalue weighted by Gasteiger charge is 2.34. The third-order valence-electron chi connectivity index (χ3n) is 3.98. The average molecular weight is 394 g/mol. The van der Waals surface area contributed by atoms with Crippen LogP contribution in [0.4, 0.5) is 0 Å². The van der Waals surface area contributed by atoms with Crippen molar-refractivity contribution in [3.05, 3.63) is 28.2 Å². The van der Waals surface area contributed by atoms with Gasteiger partial charge < -0.3 is 9.64 Å². The number of nitrogens with zero attached hydrogens (tertiary/aromatic N) is 1. The number of carbonyl (C=O) groups is 1. The van der Waals surface area contributed by atoms with Gasteiger partial charge in [-0.05, 0) is 25.0 Å². The number of hydrogen-bond donors (Lipinski definition) is 0. The smallest absolute Gasteiger partial charge is 0.260 e. The Morgan fingerprint density at radius 3 is 2.54 bits per heavy atom. The molecule has 0 N–H and O–H groups in total. The zero-order chi connectivity index (χ0) is 17.7. The summed E-state index contributed by atoms with van der Waals surface area (Å²) in [6, 6.07) is 4.67. The standard InChI is InChI=1S/C16H21Cl2NO4S/c1-2-3-8-19(12-7-9-24(21,22)11-12)15(20)10-23-16-13(17)5-4-6-14(16)18/h4-6,12H,2-3,7-11H2,1H3. The predicted molar refractivity (Wildman–Crippen MR) is 95.6 cm³/mol. The van der Waals surface area contributed by atoms with E-state index in [0.29, 0.717) is 23.0 Å². The Hall–Kier alpha value is -0.980. The number of ether oxygens (including phenoxy) is 1. The van der Waals surface area contributed by atoms with E-state index in [4.69, 9.17) is 27.9 Å². The normalized spacial score (nSPS) is 19.2. The maximum absolute atomic E-state index is 12.6. The Morgan fingerprint density at radius 2 is 2.00 bits per heavy atom. The van der Waals surface area contributed by atoms with Crippen LogP contribution in [0.25, 0.3) is 0 Å². The van der Waals surface area contributed by atoms with Crippen LogP contribution in [-0.4, -0.2) is 49.9 Å². The predicted octanol–water partition coefficient (Wildman–Crippen LogP) is 3.19. The molecular formula is C16H21Cl2NO4S. The largest absolute Gasteiger partial charge is 0.481 e. The first-order valence-electron chi connectivity index (χ1n) is 7.90. The summed E-state index contributed by atoms with van der Waals surface area (Å²) in [5.74, 6) is 0.172. The van der Waals surface area contributed by atoms with Crippen LogP contribution < -0.4 is 4.74 Å². The van der Waals surface area contributed by atoms with E-state index in [1.807, 2.05) is 6.92 Å². The van der Waals surface area contributed by atoms with Gasteiger partial charge in [-0.25, -0.2) is 8.42 Å². The second-order valence-corrected chi connectivity index (χ2v) is 8.88. The Kier molecular flexibility index (Phi) is 6.78. The van der Waals surface area contributed by atoms with Gasteiger partial charge in [0.25, 0.3) is 5.91 Å². The maximum atomic E-state index is 12.6. The van der Waals surface area contributed by atoms with Gasteiger partial charge in [0.2, 0.25) is 0 Å². The number of hydrogen-bond acceptors (Lipinski definition) is 4. The van der Waals surface area contributed by atoms with Crippen molar-refractivity contribution in [2.45, 2.75) is 32.2 Å². The molecule has 24 heavy (non-hydrogen) atoms. The van der Waals surface area contributed by atoms with Crippen molar-refractivity contribution < 1.29 is 17.9 Å². The number of carbonyl (C=O) groups excluding carboxylic acids is 1. The summed E-state index contributed by atoms with van der Waals surface area (Å²) in [5, 5.41) is 0.665. The van der Waals surface area contributed by atoms with Crippen LogP contribution in [0, 0.1) is 0 Å². The van der Waals surface area contributed by atoms with Crippen LogP contribution in [0.5, 0.6) is 5.75 Å². The molecule has 1 fully saturated rings. The summed E-state index contributed by atoms with van der Waals surface area (Å²) in [7, 11) is -3.06. The molecule has 0 radical (unpaired) electrons. The minimum absolute atomic E-state index is 0.0231. The van der Waals surface area contributed by atoms with Crippen LogP contribution in [0.15, 0.2) is 18.2 Å². The molecule has 1 heterocycles. The Balaban J connectivity index is 2.05. The highest BCUT2D eigenvalue weighted by molar-refractivity contribution is 7.91. The molecule has 1 unspecified atom stereocenters. The quantitative estimate of drug-likeness (QED) is 0.713. The molecule has 1 aliphatic rings. The molecule has 1 amide bonds. The molecule has 1 aromatic carbocycles. The van der Waals surface area contributed by atoms with Gasteiger partial charge in [-0.1, -0.05) is 42.6 Å². The second-order valence-electron chi connectivity index (χ2n) is 5.84. The van der Waals surface area contributed by atoms with Crippen LogP contribution in [0.3, 0.4) is 0 Å². The molecule has 8 heteroatoms. The zero-order valence-electron chi connectivity index (χ0n) is 13.5. The molecule has 0 aliphatic carbocycles. The zero-order valence-corrected chi connectivity index (χ0v) is 15.8. The maximum Gasteiger partial charge on any atom is 0.260 e. The van der Waals surface area contributed by atoms with Crippen molar-refractivity contribution in [2.75, 3.05) is 24.7 Å². The molecule has 2 rings (SSSR count). The molecular weight excluding hydrogens is 373 g/mol. The minimum Gasteiger partial charge on any atom is -0.481 e. The number of para-hydroxylation sites is 1. The summed E-state index contributed by atoms with van der Waals surface area (Å²) in [6.07, 6.45) is 2.21. The number of amides is 1. The van der Waals surface area contributed by atoms with Gasteiger partial charge in [0.05, 0.1) is 21.6 Å². The first-order chi connectivity index (χ1) is 11.3. The molecule has 134 valence electrons. The minimum atomic E-state index is -3.06. The average Bonchev–Trinajstić information content (AvgIpc) is 2.87. The van der Waals surface area contributed by atoms with Crippen LogP contribution >= 0.6 is 23.2 Å². The number of rotatable bonds is 7. The lowest BCUT2D eigenvalue weighted by molar-refractivity contribution is -0.135. The molecule has 5 nitrogen and oxygen atoms in total. The Bertz CT molecular complexity index is 673. The van der Waals surface area contributed by atoms with Crippen molar-refractivity contribution in [1.82, 2.24) is 4.90 Å². The lowest BCUT2D eigenvalue weighted by Crippen LogP contribution is -2.44. The van der Waals surface area contributed by atoms with E-state index in [-0.39, 0.29) is 35.8 Å². The van der Waals surface area contributed by atoms with Gasteiger partial charge in [-0.2, -0.15) is 0 Å². The van der Waals surface area contributed by atoms with Crippen LogP contribution in [0.2, 0.25) is 10.0 Å². The van der Waals surface area contributed by atoms with Crippen LogP contribution in [0.1, 0.15) is 26.2 Å². The third kappa shape index (κ3) is 5.01. The van der Waals surface area contributed by atoms with E-state index in [1.165, 1.54) is 0 Å². The molecule has 0 saturated carbocycles. The lowest BCUT2D eigenvalue weighted by Gasteiger charge is -2.28. The lowest BCUT2D eigenvalue weighted by atomic mass is 10.2. The number of benzene rings is 1. The van der Waals surface area contributed by atoms with Gasteiger partial charge in [-0.3, -0.25) is 4.79 Å². The van der Waals surface area contributed by atoms with Crippen molar-refractivity contribution >= 4 is 38.9 Å². The molecule has 0 aromatic heterocycles. The molecule has 1 aliphatic heterocycles. The summed E-state index contributed by atoms with van der Waals surface area (Å²) in [4.78, 5) is 14.2. The molecule has 1 atom stereocenters. The van der Waals surface area contributed by atoms with Crippen LogP contribution in [-0.2, 0) is 14.6 Å². The van der Waals surface area contributed by atoms with E-state index in [9.17, 15) is 13.2 Å². The summed E-state index contributed by atoms with van der Waals surface area (Å²) >= 11 is 12.1. The molecule has 0 bridgehead atoms. The van der Waals surface area contributed by atoms with Crippen molar-refractivity contribution in [3.63, 3.8) is 0 Å². The first-order valence-corrected chi connectivity index (χ1v) is 10.5. The fourth-order valence-corrected chi connectivity index (χ4v) is 4.94. The van der Waals surface area contributed by atoms with E-state index >= 15 is 0 Å². The van der Waals surface area contributed by atoms with E-state index in [2.05, 4.69) is 0 Å². The molecule has 1 saturated heterocycles. The second kappa shape index (κ2) is 8.41. The highest BCUT2D eigenvalue weighted by atomic mass is 35.5. The summed E-state index contributed by atoms with van der Waals surface area (Å²) in [5.41, 5.74) is 0. The summed E-state index contributed by atoms with van der Waals surface area (Å²) in [6.45, 7) is 2.33. The topological polar surface area (TPSA) is 63.7 Å². The van der Waals surface area contributed by atoms with Crippen molar-refractivity contribution in [3.8, 4) is 5.75 Å². The van der Waals surface area contributed by atoms with Crippen molar-refractivity contribution in [1.29, 1.82) is 0 Å². The van der Waals surface area contributed by atoms with Gasteiger partial charge in [0, 0.05) is 12.6 Å². The number of unbranched alkanes of at least 4 members (excludes halogenated alkanes) is 1. The fourth-order valence-electron chi connectivity index (χ4n) is 2.70. The SMILES string of the molecule is CCCCN(C(=O)COc1c(Cl)cccc1Cl)C1CCS(=O)(=O)C1. The third-order valence-corrected chi connectivity index (χ3v) is 6.33. The molecule has 1 aromatic rings. The highest BCUT2D eigenvalue weighted by Crippen LogP contribution is 2.32. The molecule has 0 spiro atoms. The Morgan fingerprint density at radius 1 is 1.33 bits per heavy atom. The van der Waals surface area contributed by atoms with E-state index in [0.717, 1.165) is 12.8 Å². The van der Waals surface area contributed by atoms with Gasteiger partial charge in [-0.15, -0.1) is 0 Å². The number of sulfone groups is 1. The number of halogens is 2. The van der Waals surface area contributed by atoms with E-state index < -0.39 is 9.84 Å². The van der Waals surface area contributed by atoms with Crippen molar-refractivity contribution in [2.24, 2.45) is 0 Å². The van der Waals surface area contributed by atoms with E-state index in [1.54, 1.807) is 23.1 Å². The van der Waals surface area contributed by atoms with Gasteiger partial charge in [0.1, 0.15) is 0 Å². The van der Waals surface area contributed by atoms with Gasteiger partial charge >= 0.3 is 0 Å².